The van der Waals surface area contributed by atoms with Crippen LogP contribution in [0.3, 0.4) is 0 Å². The molecule has 8 nitrogen and oxygen atoms in total. The van der Waals surface area contributed by atoms with Crippen LogP contribution < -0.4 is 10.2 Å². The van der Waals surface area contributed by atoms with Crippen LogP contribution in [0.5, 0.6) is 0 Å². The summed E-state index contributed by atoms with van der Waals surface area (Å²) in [6.45, 7) is 3.62. The summed E-state index contributed by atoms with van der Waals surface area (Å²) in [6.07, 6.45) is -0.0170. The van der Waals surface area contributed by atoms with Gasteiger partial charge in [0.25, 0.3) is 0 Å². The first-order valence-electron chi connectivity index (χ1n) is 11.4. The number of aryl methyl sites for hydroxylation is 1. The number of aromatic nitrogens is 1. The third-order valence-electron chi connectivity index (χ3n) is 6.24. The Morgan fingerprint density at radius 1 is 1.11 bits per heavy atom. The first kappa shape index (κ1) is 24.4. The summed E-state index contributed by atoms with van der Waals surface area (Å²) in [7, 11) is 1.53. The highest BCUT2D eigenvalue weighted by molar-refractivity contribution is 7.11. The minimum Gasteiger partial charge on any atom is -0.478 e. The monoisotopic (exact) mass is 493 g/mol. The molecule has 2 N–H and O–H groups in total. The predicted octanol–water partition coefficient (Wildman–Crippen LogP) is 4.82. The molecule has 0 saturated carbocycles. The molecule has 1 atom stereocenters. The van der Waals surface area contributed by atoms with E-state index in [0.29, 0.717) is 17.1 Å². The van der Waals surface area contributed by atoms with Crippen molar-refractivity contribution in [3.05, 3.63) is 70.9 Å². The predicted molar refractivity (Wildman–Crippen MR) is 134 cm³/mol. The largest absolute Gasteiger partial charge is 0.478 e. The van der Waals surface area contributed by atoms with E-state index in [1.807, 2.05) is 24.3 Å². The molecule has 0 radical (unpaired) electrons. The van der Waals surface area contributed by atoms with Gasteiger partial charge in [-0.25, -0.2) is 9.59 Å². The maximum absolute atomic E-state index is 12.6. The number of hydrogen-bond acceptors (Lipinski definition) is 6. The molecule has 1 aliphatic carbocycles. The lowest BCUT2D eigenvalue weighted by Crippen LogP contribution is -2.35. The van der Waals surface area contributed by atoms with Gasteiger partial charge < -0.3 is 20.1 Å². The number of nitrogens with one attached hydrogen (secondary N) is 1. The summed E-state index contributed by atoms with van der Waals surface area (Å²) in [5.41, 5.74) is 5.02. The molecule has 1 heterocycles. The molecule has 3 aromatic rings. The van der Waals surface area contributed by atoms with E-state index >= 15 is 0 Å². The third-order valence-corrected chi connectivity index (χ3v) is 7.25. The number of rotatable bonds is 8. The number of fused-ring (bicyclic) bond motifs is 3. The van der Waals surface area contributed by atoms with Gasteiger partial charge in [0.05, 0.1) is 5.69 Å². The van der Waals surface area contributed by atoms with Crippen LogP contribution in [-0.2, 0) is 9.53 Å². The first-order valence-corrected chi connectivity index (χ1v) is 12.1. The Morgan fingerprint density at radius 2 is 1.71 bits per heavy atom. The molecular formula is C26H27N3O5S. The lowest BCUT2D eigenvalue weighted by Gasteiger charge is -2.19. The maximum atomic E-state index is 12.6. The normalized spacial score (nSPS) is 13.0. The zero-order valence-corrected chi connectivity index (χ0v) is 20.6. The van der Waals surface area contributed by atoms with E-state index in [1.54, 1.807) is 13.8 Å². The lowest BCUT2D eigenvalue weighted by molar-refractivity contribution is -0.118. The number of carboxylic acid groups (broad SMARTS) is 1. The molecule has 1 aromatic heterocycles. The fraction of sp³-hybridized carbons (Fsp3) is 0.308. The number of hydrogen-bond donors (Lipinski definition) is 2. The van der Waals surface area contributed by atoms with Crippen molar-refractivity contribution in [2.45, 2.75) is 38.6 Å². The second kappa shape index (κ2) is 10.3. The molecule has 0 spiro atoms. The fourth-order valence-electron chi connectivity index (χ4n) is 4.37. The summed E-state index contributed by atoms with van der Waals surface area (Å²) in [4.78, 5) is 37.9. The van der Waals surface area contributed by atoms with Crippen molar-refractivity contribution in [1.29, 1.82) is 0 Å². The minimum atomic E-state index is -1.11. The second-order valence-electron chi connectivity index (χ2n) is 8.62. The summed E-state index contributed by atoms with van der Waals surface area (Å²) < 4.78 is 9.61. The Kier molecular flexibility index (Phi) is 7.16. The number of ether oxygens (including phenoxy) is 1. The number of alkyl carbamates (subject to hydrolysis) is 1. The van der Waals surface area contributed by atoms with E-state index in [2.05, 4.69) is 34.0 Å². The fourth-order valence-corrected chi connectivity index (χ4v) is 5.23. The third kappa shape index (κ3) is 5.05. The maximum Gasteiger partial charge on any atom is 0.407 e. The van der Waals surface area contributed by atoms with E-state index in [1.165, 1.54) is 11.9 Å². The molecule has 4 rings (SSSR count). The highest BCUT2D eigenvalue weighted by atomic mass is 32.1. The summed E-state index contributed by atoms with van der Waals surface area (Å²) >= 11 is 0.979. The topological polar surface area (TPSA) is 109 Å². The number of carbonyl (C=O) groups excluding carboxylic acids is 2. The van der Waals surface area contributed by atoms with Crippen molar-refractivity contribution in [2.24, 2.45) is 0 Å². The van der Waals surface area contributed by atoms with E-state index < -0.39 is 12.1 Å². The van der Waals surface area contributed by atoms with Crippen LogP contribution in [0.25, 0.3) is 11.1 Å². The van der Waals surface area contributed by atoms with Crippen LogP contribution in [0.15, 0.2) is 48.5 Å². The van der Waals surface area contributed by atoms with E-state index in [0.717, 1.165) is 33.8 Å². The molecule has 2 amide bonds. The van der Waals surface area contributed by atoms with Gasteiger partial charge in [-0.3, -0.25) is 4.79 Å². The van der Waals surface area contributed by atoms with Gasteiger partial charge in [-0.2, -0.15) is 4.37 Å². The van der Waals surface area contributed by atoms with Gasteiger partial charge in [-0.1, -0.05) is 48.5 Å². The number of anilines is 1. The van der Waals surface area contributed by atoms with Gasteiger partial charge >= 0.3 is 12.1 Å². The van der Waals surface area contributed by atoms with Crippen molar-refractivity contribution in [2.75, 3.05) is 18.6 Å². The average molecular weight is 494 g/mol. The molecule has 2 aromatic carbocycles. The number of aromatic carboxylic acids is 1. The zero-order chi connectivity index (χ0) is 25.1. The molecular weight excluding hydrogens is 466 g/mol. The van der Waals surface area contributed by atoms with Crippen LogP contribution in [0.2, 0.25) is 0 Å². The summed E-state index contributed by atoms with van der Waals surface area (Å²) in [5.74, 6) is -1.39. The van der Waals surface area contributed by atoms with Crippen molar-refractivity contribution >= 4 is 34.5 Å². The Bertz CT molecular complexity index is 1230. The number of carbonyl (C=O) groups is 3. The summed E-state index contributed by atoms with van der Waals surface area (Å²) in [5, 5.41) is 12.5. The van der Waals surface area contributed by atoms with Crippen LogP contribution in [0.1, 0.15) is 52.9 Å². The quantitative estimate of drug-likeness (QED) is 0.466. The van der Waals surface area contributed by atoms with Crippen molar-refractivity contribution < 1.29 is 24.2 Å². The van der Waals surface area contributed by atoms with Crippen molar-refractivity contribution in [3.63, 3.8) is 0 Å². The Hall–Kier alpha value is -3.72. The highest BCUT2D eigenvalue weighted by Gasteiger charge is 2.29. The van der Waals surface area contributed by atoms with Gasteiger partial charge in [0, 0.05) is 25.4 Å². The molecule has 0 saturated heterocycles. The molecule has 35 heavy (non-hydrogen) atoms. The van der Waals surface area contributed by atoms with E-state index in [9.17, 15) is 19.5 Å². The van der Waals surface area contributed by atoms with Crippen LogP contribution in [0.4, 0.5) is 9.80 Å². The smallest absolute Gasteiger partial charge is 0.407 e. The van der Waals surface area contributed by atoms with Crippen LogP contribution >= 0.6 is 11.5 Å². The van der Waals surface area contributed by atoms with Crippen LogP contribution in [-0.4, -0.2) is 47.1 Å². The minimum absolute atomic E-state index is 0.0232. The van der Waals surface area contributed by atoms with Gasteiger partial charge in [-0.15, -0.1) is 0 Å². The molecule has 9 heteroatoms. The molecule has 0 fully saturated rings. The molecule has 0 aliphatic heterocycles. The van der Waals surface area contributed by atoms with Crippen molar-refractivity contribution in [3.8, 4) is 11.1 Å². The molecule has 1 aliphatic rings. The van der Waals surface area contributed by atoms with E-state index in [-0.39, 0.29) is 36.5 Å². The first-order chi connectivity index (χ1) is 16.8. The number of amides is 2. The van der Waals surface area contributed by atoms with Gasteiger partial charge in [0.15, 0.2) is 0 Å². The molecule has 182 valence electrons. The van der Waals surface area contributed by atoms with Gasteiger partial charge in [-0.05, 0) is 54.1 Å². The highest BCUT2D eigenvalue weighted by Crippen LogP contribution is 2.44. The second-order valence-corrected chi connectivity index (χ2v) is 9.37. The lowest BCUT2D eigenvalue weighted by atomic mass is 9.98. The average Bonchev–Trinajstić information content (AvgIpc) is 3.38. The van der Waals surface area contributed by atoms with Crippen LogP contribution in [0, 0.1) is 6.92 Å². The number of nitrogens with zero attached hydrogens (tertiary/aromatic N) is 2. The Labute approximate surface area is 207 Å². The van der Waals surface area contributed by atoms with Gasteiger partial charge in [0.2, 0.25) is 5.91 Å². The number of carboxylic acids is 1. The van der Waals surface area contributed by atoms with Gasteiger partial charge in [0.1, 0.15) is 17.2 Å². The molecule has 1 unspecified atom stereocenters. The zero-order valence-electron chi connectivity index (χ0n) is 19.8. The Balaban J connectivity index is 1.29. The molecule has 0 bridgehead atoms. The van der Waals surface area contributed by atoms with Crippen molar-refractivity contribution in [1.82, 2.24) is 9.69 Å². The SMILES string of the molecule is Cc1nsc(N(C)C(=O)CCC(C)NC(=O)OCC2c3ccccc3-c3ccccc32)c1C(=O)O. The number of benzene rings is 2. The Morgan fingerprint density at radius 3 is 2.31 bits per heavy atom. The summed E-state index contributed by atoms with van der Waals surface area (Å²) in [6, 6.07) is 16.0. The van der Waals surface area contributed by atoms with E-state index in [4.69, 9.17) is 4.74 Å². The standard InChI is InChI=1S/C26H27N3O5S/c1-15(12-13-22(30)29(3)24-23(25(31)32)16(2)28-35-24)27-26(33)34-14-21-19-10-6-4-8-17(19)18-9-5-7-11-20(18)21/h4-11,15,21H,12-14H2,1-3H3,(H,27,33)(H,31,32).